The topological polar surface area (TPSA) is 61.8 Å². The molecular formula is C18H27N5O2. The van der Waals surface area contributed by atoms with E-state index in [4.69, 9.17) is 4.74 Å². The molecule has 3 atom stereocenters. The smallest absolute Gasteiger partial charge is 0.274 e. The van der Waals surface area contributed by atoms with Crippen molar-refractivity contribution in [2.75, 3.05) is 59.5 Å². The molecule has 7 nitrogen and oxygen atoms in total. The van der Waals surface area contributed by atoms with Gasteiger partial charge in [-0.1, -0.05) is 0 Å². The van der Waals surface area contributed by atoms with E-state index in [2.05, 4.69) is 26.8 Å². The van der Waals surface area contributed by atoms with E-state index in [1.807, 2.05) is 4.90 Å². The summed E-state index contributed by atoms with van der Waals surface area (Å²) in [6, 6.07) is 0. The van der Waals surface area contributed by atoms with Crippen LogP contribution in [0.25, 0.3) is 0 Å². The number of likely N-dealkylation sites (tertiary alicyclic amines) is 1. The molecule has 136 valence electrons. The Morgan fingerprint density at radius 1 is 1.24 bits per heavy atom. The molecule has 1 amide bonds. The highest BCUT2D eigenvalue weighted by atomic mass is 16.5. The first-order valence-corrected chi connectivity index (χ1v) is 9.28. The minimum atomic E-state index is -0.00297. The molecule has 25 heavy (non-hydrogen) atoms. The van der Waals surface area contributed by atoms with E-state index >= 15 is 0 Å². The maximum Gasteiger partial charge on any atom is 0.274 e. The summed E-state index contributed by atoms with van der Waals surface area (Å²) in [6.45, 7) is 7.86. The summed E-state index contributed by atoms with van der Waals surface area (Å²) in [5.41, 5.74) is 0.440. The predicted molar refractivity (Wildman–Crippen MR) is 93.2 cm³/mol. The maximum absolute atomic E-state index is 12.7. The van der Waals surface area contributed by atoms with E-state index in [1.165, 1.54) is 0 Å². The predicted octanol–water partition coefficient (Wildman–Crippen LogP) is 0.201. The van der Waals surface area contributed by atoms with Crippen LogP contribution in [0.5, 0.6) is 0 Å². The zero-order chi connectivity index (χ0) is 17.2. The van der Waals surface area contributed by atoms with Crippen LogP contribution in [-0.2, 0) is 4.74 Å². The SMILES string of the molecule is CN1CCN(C[C@H]2OC[C@@H]3CCN(C(=O)c4cnccn4)C[C@@H]32)CC1. The number of piperidine rings is 1. The van der Waals surface area contributed by atoms with Gasteiger partial charge in [0.2, 0.25) is 0 Å². The Hall–Kier alpha value is -1.57. The minimum Gasteiger partial charge on any atom is -0.376 e. The van der Waals surface area contributed by atoms with Gasteiger partial charge in [-0.25, -0.2) is 4.98 Å². The van der Waals surface area contributed by atoms with Crippen molar-refractivity contribution < 1.29 is 9.53 Å². The third-order valence-electron chi connectivity index (χ3n) is 5.91. The van der Waals surface area contributed by atoms with Crippen LogP contribution >= 0.6 is 0 Å². The van der Waals surface area contributed by atoms with Crippen LogP contribution in [0.15, 0.2) is 18.6 Å². The van der Waals surface area contributed by atoms with E-state index in [9.17, 15) is 4.79 Å². The molecule has 0 N–H and O–H groups in total. The maximum atomic E-state index is 12.7. The Morgan fingerprint density at radius 2 is 2.08 bits per heavy atom. The zero-order valence-electron chi connectivity index (χ0n) is 14.9. The fourth-order valence-corrected chi connectivity index (χ4v) is 4.26. The van der Waals surface area contributed by atoms with Crippen LogP contribution in [0.3, 0.4) is 0 Å². The van der Waals surface area contributed by atoms with Gasteiger partial charge in [-0.3, -0.25) is 14.7 Å². The summed E-state index contributed by atoms with van der Waals surface area (Å²) in [4.78, 5) is 27.7. The minimum absolute atomic E-state index is 0.00297. The number of aromatic nitrogens is 2. The molecule has 3 aliphatic rings. The summed E-state index contributed by atoms with van der Waals surface area (Å²) in [5.74, 6) is 1.02. The molecule has 1 aromatic heterocycles. The molecule has 3 saturated heterocycles. The van der Waals surface area contributed by atoms with Gasteiger partial charge in [0.25, 0.3) is 5.91 Å². The number of hydrogen-bond donors (Lipinski definition) is 0. The first kappa shape index (κ1) is 16.9. The molecule has 3 fully saturated rings. The first-order chi connectivity index (χ1) is 12.2. The number of piperazine rings is 1. The molecule has 7 heteroatoms. The number of rotatable bonds is 3. The van der Waals surface area contributed by atoms with Gasteiger partial charge in [0.05, 0.1) is 18.9 Å². The molecule has 0 radical (unpaired) electrons. The summed E-state index contributed by atoms with van der Waals surface area (Å²) in [7, 11) is 2.18. The van der Waals surface area contributed by atoms with Crippen molar-refractivity contribution in [3.05, 3.63) is 24.3 Å². The van der Waals surface area contributed by atoms with Gasteiger partial charge in [0, 0.05) is 64.1 Å². The van der Waals surface area contributed by atoms with Crippen molar-refractivity contribution in [2.45, 2.75) is 12.5 Å². The highest BCUT2D eigenvalue weighted by Crippen LogP contribution is 2.35. The molecule has 0 aliphatic carbocycles. The van der Waals surface area contributed by atoms with Gasteiger partial charge in [0.1, 0.15) is 5.69 Å². The van der Waals surface area contributed by atoms with E-state index in [-0.39, 0.29) is 12.0 Å². The molecule has 0 bridgehead atoms. The Morgan fingerprint density at radius 3 is 2.84 bits per heavy atom. The van der Waals surface area contributed by atoms with Crippen molar-refractivity contribution in [2.24, 2.45) is 11.8 Å². The van der Waals surface area contributed by atoms with Crippen LogP contribution in [0.4, 0.5) is 0 Å². The average molecular weight is 345 g/mol. The lowest BCUT2D eigenvalue weighted by atomic mass is 9.84. The molecule has 1 aromatic rings. The van der Waals surface area contributed by atoms with Gasteiger partial charge >= 0.3 is 0 Å². The Labute approximate surface area is 149 Å². The van der Waals surface area contributed by atoms with Crippen LogP contribution in [-0.4, -0.2) is 96.1 Å². The van der Waals surface area contributed by atoms with Crippen molar-refractivity contribution in [3.8, 4) is 0 Å². The Balaban J connectivity index is 1.38. The van der Waals surface area contributed by atoms with Crippen molar-refractivity contribution in [1.82, 2.24) is 24.7 Å². The number of likely N-dealkylation sites (N-methyl/N-ethyl adjacent to an activating group) is 1. The van der Waals surface area contributed by atoms with Crippen molar-refractivity contribution in [1.29, 1.82) is 0 Å². The lowest BCUT2D eigenvalue weighted by molar-refractivity contribution is 0.0290. The number of carbonyl (C=O) groups excluding carboxylic acids is 1. The fourth-order valence-electron chi connectivity index (χ4n) is 4.26. The lowest BCUT2D eigenvalue weighted by Gasteiger charge is -2.38. The standard InChI is InChI=1S/C18H27N5O2/c1-21-6-8-22(9-7-21)12-17-15-11-23(5-2-14(15)13-25-17)18(24)16-10-19-3-4-20-16/h3-4,10,14-15,17H,2,5-9,11-13H2,1H3/t14-,15-,17+/m0/s1. The quantitative estimate of drug-likeness (QED) is 0.780. The number of fused-ring (bicyclic) bond motifs is 1. The highest BCUT2D eigenvalue weighted by Gasteiger charge is 2.42. The summed E-state index contributed by atoms with van der Waals surface area (Å²) >= 11 is 0. The molecule has 0 aromatic carbocycles. The number of hydrogen-bond acceptors (Lipinski definition) is 6. The molecule has 4 rings (SSSR count). The average Bonchev–Trinajstić information content (AvgIpc) is 3.06. The first-order valence-electron chi connectivity index (χ1n) is 9.28. The van der Waals surface area contributed by atoms with E-state index < -0.39 is 0 Å². The molecule has 4 heterocycles. The Kier molecular flexibility index (Phi) is 4.96. The van der Waals surface area contributed by atoms with E-state index in [1.54, 1.807) is 18.6 Å². The highest BCUT2D eigenvalue weighted by molar-refractivity contribution is 5.92. The normalized spacial score (nSPS) is 31.1. The van der Waals surface area contributed by atoms with Gasteiger partial charge < -0.3 is 14.5 Å². The number of carbonyl (C=O) groups is 1. The van der Waals surface area contributed by atoms with Crippen molar-refractivity contribution in [3.63, 3.8) is 0 Å². The number of amides is 1. The van der Waals surface area contributed by atoms with Crippen LogP contribution < -0.4 is 0 Å². The van der Waals surface area contributed by atoms with Crippen LogP contribution in [0.1, 0.15) is 16.9 Å². The number of nitrogens with zero attached hydrogens (tertiary/aromatic N) is 5. The zero-order valence-corrected chi connectivity index (χ0v) is 14.9. The third kappa shape index (κ3) is 3.68. The second kappa shape index (κ2) is 7.35. The molecular weight excluding hydrogens is 318 g/mol. The Bertz CT molecular complexity index is 590. The summed E-state index contributed by atoms with van der Waals surface area (Å²) < 4.78 is 6.14. The molecule has 3 aliphatic heterocycles. The fraction of sp³-hybridized carbons (Fsp3) is 0.722. The monoisotopic (exact) mass is 345 g/mol. The molecule has 0 unspecified atom stereocenters. The van der Waals surface area contributed by atoms with Gasteiger partial charge in [-0.2, -0.15) is 0 Å². The second-order valence-electron chi connectivity index (χ2n) is 7.53. The number of ether oxygens (including phenoxy) is 1. The summed E-state index contributed by atoms with van der Waals surface area (Å²) in [6.07, 6.45) is 6.00. The van der Waals surface area contributed by atoms with E-state index in [0.717, 1.165) is 58.8 Å². The van der Waals surface area contributed by atoms with Crippen LogP contribution in [0.2, 0.25) is 0 Å². The van der Waals surface area contributed by atoms with Crippen LogP contribution in [0, 0.1) is 11.8 Å². The third-order valence-corrected chi connectivity index (χ3v) is 5.91. The lowest BCUT2D eigenvalue weighted by Crippen LogP contribution is -2.50. The van der Waals surface area contributed by atoms with Gasteiger partial charge in [0.15, 0.2) is 0 Å². The molecule has 0 spiro atoms. The van der Waals surface area contributed by atoms with Gasteiger partial charge in [-0.15, -0.1) is 0 Å². The molecule has 0 saturated carbocycles. The summed E-state index contributed by atoms with van der Waals surface area (Å²) in [5, 5.41) is 0. The largest absolute Gasteiger partial charge is 0.376 e. The van der Waals surface area contributed by atoms with Crippen molar-refractivity contribution >= 4 is 5.91 Å². The second-order valence-corrected chi connectivity index (χ2v) is 7.53. The van der Waals surface area contributed by atoms with E-state index in [0.29, 0.717) is 17.5 Å². The van der Waals surface area contributed by atoms with Gasteiger partial charge in [-0.05, 0) is 19.4 Å².